The lowest BCUT2D eigenvalue weighted by Crippen LogP contribution is -2.31. The molecule has 0 heterocycles. The van der Waals surface area contributed by atoms with Crippen LogP contribution >= 0.6 is 0 Å². The SMILES string of the molecule is CC(C)(O)CC(N)O. The van der Waals surface area contributed by atoms with Crippen LogP contribution in [0.5, 0.6) is 0 Å². The van der Waals surface area contributed by atoms with Gasteiger partial charge in [0, 0.05) is 6.42 Å². The Morgan fingerprint density at radius 3 is 2.00 bits per heavy atom. The van der Waals surface area contributed by atoms with Crippen molar-refractivity contribution < 1.29 is 10.2 Å². The maximum Gasteiger partial charge on any atom is 0.105 e. The van der Waals surface area contributed by atoms with Crippen LogP contribution in [-0.2, 0) is 0 Å². The first-order valence-corrected chi connectivity index (χ1v) is 2.58. The molecule has 0 saturated carbocycles. The van der Waals surface area contributed by atoms with E-state index in [-0.39, 0.29) is 6.42 Å². The van der Waals surface area contributed by atoms with E-state index in [1.165, 1.54) is 0 Å². The summed E-state index contributed by atoms with van der Waals surface area (Å²) in [5.74, 6) is 0. The van der Waals surface area contributed by atoms with Gasteiger partial charge in [0.25, 0.3) is 0 Å². The van der Waals surface area contributed by atoms with E-state index < -0.39 is 11.8 Å². The molecule has 0 aliphatic rings. The maximum atomic E-state index is 8.95. The van der Waals surface area contributed by atoms with Gasteiger partial charge < -0.3 is 15.9 Å². The van der Waals surface area contributed by atoms with Gasteiger partial charge in [-0.05, 0) is 13.8 Å². The van der Waals surface area contributed by atoms with Crippen LogP contribution in [0.25, 0.3) is 0 Å². The summed E-state index contributed by atoms with van der Waals surface area (Å²) in [4.78, 5) is 0. The summed E-state index contributed by atoms with van der Waals surface area (Å²) in [7, 11) is 0. The Kier molecular flexibility index (Phi) is 2.40. The summed E-state index contributed by atoms with van der Waals surface area (Å²) in [6, 6.07) is 0. The van der Waals surface area contributed by atoms with Crippen LogP contribution in [0.3, 0.4) is 0 Å². The minimum absolute atomic E-state index is 0.215. The lowest BCUT2D eigenvalue weighted by molar-refractivity contribution is 0.0209. The average molecular weight is 119 g/mol. The van der Waals surface area contributed by atoms with Crippen molar-refractivity contribution in [3.63, 3.8) is 0 Å². The molecule has 0 radical (unpaired) electrons. The topological polar surface area (TPSA) is 66.5 Å². The van der Waals surface area contributed by atoms with Gasteiger partial charge in [0.2, 0.25) is 0 Å². The second kappa shape index (κ2) is 2.44. The first-order valence-electron chi connectivity index (χ1n) is 2.58. The van der Waals surface area contributed by atoms with Crippen molar-refractivity contribution in [3.05, 3.63) is 0 Å². The summed E-state index contributed by atoms with van der Waals surface area (Å²) in [5.41, 5.74) is 4.12. The number of hydrogen-bond donors (Lipinski definition) is 3. The van der Waals surface area contributed by atoms with Crippen LogP contribution in [0.1, 0.15) is 20.3 Å². The van der Waals surface area contributed by atoms with Gasteiger partial charge in [-0.25, -0.2) is 0 Å². The molecule has 50 valence electrons. The van der Waals surface area contributed by atoms with Gasteiger partial charge in [-0.3, -0.25) is 0 Å². The summed E-state index contributed by atoms with van der Waals surface area (Å²) >= 11 is 0. The van der Waals surface area contributed by atoms with E-state index >= 15 is 0 Å². The monoisotopic (exact) mass is 119 g/mol. The van der Waals surface area contributed by atoms with Crippen molar-refractivity contribution in [2.45, 2.75) is 32.1 Å². The Morgan fingerprint density at radius 2 is 2.00 bits per heavy atom. The predicted molar refractivity (Wildman–Crippen MR) is 31.1 cm³/mol. The molecule has 8 heavy (non-hydrogen) atoms. The fourth-order valence-corrected chi connectivity index (χ4v) is 0.512. The number of aliphatic hydroxyl groups excluding tert-OH is 1. The maximum absolute atomic E-state index is 8.95. The second-order valence-electron chi connectivity index (χ2n) is 2.58. The molecule has 1 atom stereocenters. The summed E-state index contributed by atoms with van der Waals surface area (Å²) in [5, 5.41) is 17.5. The molecular formula is C5H13NO2. The van der Waals surface area contributed by atoms with Crippen LogP contribution in [-0.4, -0.2) is 22.0 Å². The summed E-state index contributed by atoms with van der Waals surface area (Å²) < 4.78 is 0. The van der Waals surface area contributed by atoms with Crippen molar-refractivity contribution in [2.24, 2.45) is 5.73 Å². The third kappa shape index (κ3) is 5.88. The van der Waals surface area contributed by atoms with E-state index in [1.54, 1.807) is 13.8 Å². The van der Waals surface area contributed by atoms with Gasteiger partial charge in [-0.15, -0.1) is 0 Å². The normalized spacial score (nSPS) is 16.1. The number of aliphatic hydroxyl groups is 2. The quantitative estimate of drug-likeness (QED) is 0.426. The van der Waals surface area contributed by atoms with Crippen LogP contribution < -0.4 is 5.73 Å². The Hall–Kier alpha value is -0.120. The molecule has 0 spiro atoms. The highest BCUT2D eigenvalue weighted by Gasteiger charge is 2.14. The van der Waals surface area contributed by atoms with E-state index in [0.29, 0.717) is 0 Å². The third-order valence-electron chi connectivity index (χ3n) is 0.709. The zero-order valence-electron chi connectivity index (χ0n) is 5.26. The van der Waals surface area contributed by atoms with Gasteiger partial charge in [-0.2, -0.15) is 0 Å². The van der Waals surface area contributed by atoms with Crippen molar-refractivity contribution in [1.82, 2.24) is 0 Å². The fraction of sp³-hybridized carbons (Fsp3) is 1.00. The predicted octanol–water partition coefficient (Wildman–Crippen LogP) is -0.576. The van der Waals surface area contributed by atoms with E-state index in [1.807, 2.05) is 0 Å². The first kappa shape index (κ1) is 7.88. The smallest absolute Gasteiger partial charge is 0.105 e. The molecule has 3 heteroatoms. The highest BCUT2D eigenvalue weighted by atomic mass is 16.3. The van der Waals surface area contributed by atoms with E-state index in [2.05, 4.69) is 0 Å². The molecule has 1 unspecified atom stereocenters. The molecule has 0 bridgehead atoms. The standard InChI is InChI=1S/C5H13NO2/c1-5(2,8)3-4(6)7/h4,7-8H,3,6H2,1-2H3. The van der Waals surface area contributed by atoms with Crippen LogP contribution in [0.2, 0.25) is 0 Å². The second-order valence-corrected chi connectivity index (χ2v) is 2.58. The van der Waals surface area contributed by atoms with Crippen LogP contribution in [0, 0.1) is 0 Å². The molecule has 0 aliphatic carbocycles. The Morgan fingerprint density at radius 1 is 1.62 bits per heavy atom. The summed E-state index contributed by atoms with van der Waals surface area (Å²) in [6.45, 7) is 3.20. The Labute approximate surface area is 49.1 Å². The largest absolute Gasteiger partial charge is 0.390 e. The van der Waals surface area contributed by atoms with Gasteiger partial charge >= 0.3 is 0 Å². The van der Waals surface area contributed by atoms with E-state index in [0.717, 1.165) is 0 Å². The molecule has 0 saturated heterocycles. The molecule has 0 aromatic carbocycles. The lowest BCUT2D eigenvalue weighted by atomic mass is 10.1. The van der Waals surface area contributed by atoms with E-state index in [9.17, 15) is 0 Å². The van der Waals surface area contributed by atoms with Crippen molar-refractivity contribution in [2.75, 3.05) is 0 Å². The minimum Gasteiger partial charge on any atom is -0.390 e. The van der Waals surface area contributed by atoms with Crippen molar-refractivity contribution in [1.29, 1.82) is 0 Å². The lowest BCUT2D eigenvalue weighted by Gasteiger charge is -2.17. The van der Waals surface area contributed by atoms with Gasteiger partial charge in [-0.1, -0.05) is 0 Å². The highest BCUT2D eigenvalue weighted by Crippen LogP contribution is 2.06. The molecule has 4 N–H and O–H groups in total. The molecule has 3 nitrogen and oxygen atoms in total. The molecule has 0 fully saturated rings. The van der Waals surface area contributed by atoms with Gasteiger partial charge in [0.1, 0.15) is 6.23 Å². The zero-order chi connectivity index (χ0) is 6.78. The molecule has 0 amide bonds. The average Bonchev–Trinajstić information content (AvgIpc) is 1.21. The third-order valence-corrected chi connectivity index (χ3v) is 0.709. The molecule has 0 rings (SSSR count). The first-order chi connectivity index (χ1) is 3.42. The molecule has 0 aromatic rings. The fourth-order valence-electron chi connectivity index (χ4n) is 0.512. The minimum atomic E-state index is -0.907. The van der Waals surface area contributed by atoms with Crippen molar-refractivity contribution in [3.8, 4) is 0 Å². The summed E-state index contributed by atoms with van der Waals surface area (Å²) in [6.07, 6.45) is -0.692. The number of hydrogen-bond acceptors (Lipinski definition) is 3. The molecular weight excluding hydrogens is 106 g/mol. The Bertz CT molecular complexity index is 65.3. The van der Waals surface area contributed by atoms with E-state index in [4.69, 9.17) is 15.9 Å². The number of rotatable bonds is 2. The van der Waals surface area contributed by atoms with Crippen LogP contribution in [0.4, 0.5) is 0 Å². The molecule has 0 aromatic heterocycles. The van der Waals surface area contributed by atoms with Gasteiger partial charge in [0.15, 0.2) is 0 Å². The Balaban J connectivity index is 3.39. The zero-order valence-corrected chi connectivity index (χ0v) is 5.26. The van der Waals surface area contributed by atoms with Crippen LogP contribution in [0.15, 0.2) is 0 Å². The number of nitrogens with two attached hydrogens (primary N) is 1. The van der Waals surface area contributed by atoms with Gasteiger partial charge in [0.05, 0.1) is 5.60 Å². The molecule has 0 aliphatic heterocycles. The highest BCUT2D eigenvalue weighted by molar-refractivity contribution is 4.66. The van der Waals surface area contributed by atoms with Crippen molar-refractivity contribution >= 4 is 0 Å².